The molecule has 0 amide bonds. The Morgan fingerprint density at radius 2 is 1.65 bits per heavy atom. The lowest BCUT2D eigenvalue weighted by Crippen LogP contribution is -2.22. The number of nitrogens with zero attached hydrogens (tertiary/aromatic N) is 1. The van der Waals surface area contributed by atoms with Crippen LogP contribution in [0, 0.1) is 17.5 Å². The molecular formula is C14H12F3N3. The smallest absolute Gasteiger partial charge is 0.194 e. The third kappa shape index (κ3) is 3.50. The Labute approximate surface area is 114 Å². The van der Waals surface area contributed by atoms with E-state index in [0.717, 1.165) is 17.7 Å². The molecule has 0 heterocycles. The van der Waals surface area contributed by atoms with Crippen LogP contribution in [0.25, 0.3) is 0 Å². The first kappa shape index (κ1) is 13.9. The predicted molar refractivity (Wildman–Crippen MR) is 71.7 cm³/mol. The highest BCUT2D eigenvalue weighted by Gasteiger charge is 2.10. The van der Waals surface area contributed by atoms with Crippen molar-refractivity contribution in [2.45, 2.75) is 6.54 Å². The molecule has 2 rings (SSSR count). The molecule has 20 heavy (non-hydrogen) atoms. The summed E-state index contributed by atoms with van der Waals surface area (Å²) in [6.07, 6.45) is 0. The molecule has 0 bridgehead atoms. The molecule has 0 unspecified atom stereocenters. The van der Waals surface area contributed by atoms with E-state index in [1.165, 1.54) is 0 Å². The van der Waals surface area contributed by atoms with Gasteiger partial charge in [0.1, 0.15) is 0 Å². The average Bonchev–Trinajstić information content (AvgIpc) is 2.43. The first-order valence-electron chi connectivity index (χ1n) is 5.81. The molecule has 0 saturated heterocycles. The van der Waals surface area contributed by atoms with E-state index in [0.29, 0.717) is 6.54 Å². The highest BCUT2D eigenvalue weighted by Crippen LogP contribution is 2.17. The average molecular weight is 279 g/mol. The van der Waals surface area contributed by atoms with Crippen molar-refractivity contribution in [1.29, 1.82) is 0 Å². The Bertz CT molecular complexity index is 604. The van der Waals surface area contributed by atoms with Crippen LogP contribution in [-0.4, -0.2) is 5.96 Å². The summed E-state index contributed by atoms with van der Waals surface area (Å²) < 4.78 is 38.8. The van der Waals surface area contributed by atoms with Crippen molar-refractivity contribution in [3.8, 4) is 0 Å². The number of nitrogens with two attached hydrogens (primary N) is 1. The van der Waals surface area contributed by atoms with Gasteiger partial charge in [-0.15, -0.1) is 0 Å². The number of nitrogens with one attached hydrogen (secondary N) is 1. The Balaban J connectivity index is 2.06. The largest absolute Gasteiger partial charge is 0.370 e. The van der Waals surface area contributed by atoms with E-state index in [9.17, 15) is 13.2 Å². The SMILES string of the molecule is NC(=NCc1ccccc1)Nc1cc(F)c(F)c(F)c1. The second-order valence-electron chi connectivity index (χ2n) is 4.07. The van der Waals surface area contributed by atoms with Crippen LogP contribution in [0.15, 0.2) is 47.5 Å². The zero-order chi connectivity index (χ0) is 14.5. The van der Waals surface area contributed by atoms with Crippen LogP contribution in [0.3, 0.4) is 0 Å². The first-order valence-corrected chi connectivity index (χ1v) is 5.81. The summed E-state index contributed by atoms with van der Waals surface area (Å²) in [5, 5.41) is 2.50. The number of guanidine groups is 1. The van der Waals surface area contributed by atoms with Gasteiger partial charge in [0, 0.05) is 17.8 Å². The van der Waals surface area contributed by atoms with Gasteiger partial charge in [-0.05, 0) is 5.56 Å². The van der Waals surface area contributed by atoms with E-state index < -0.39 is 17.5 Å². The lowest BCUT2D eigenvalue weighted by atomic mass is 10.2. The first-order chi connectivity index (χ1) is 9.56. The minimum atomic E-state index is -1.52. The van der Waals surface area contributed by atoms with Gasteiger partial charge in [-0.25, -0.2) is 18.2 Å². The second kappa shape index (κ2) is 6.10. The number of hydrogen-bond acceptors (Lipinski definition) is 1. The number of halogens is 3. The summed E-state index contributed by atoms with van der Waals surface area (Å²) in [6, 6.07) is 11.0. The third-order valence-electron chi connectivity index (χ3n) is 2.53. The fourth-order valence-electron chi connectivity index (χ4n) is 1.57. The highest BCUT2D eigenvalue weighted by atomic mass is 19.2. The number of anilines is 1. The quantitative estimate of drug-likeness (QED) is 0.515. The molecule has 0 fully saturated rings. The summed E-state index contributed by atoms with van der Waals surface area (Å²) >= 11 is 0. The summed E-state index contributed by atoms with van der Waals surface area (Å²) in [4.78, 5) is 4.02. The lowest BCUT2D eigenvalue weighted by molar-refractivity contribution is 0.448. The van der Waals surface area contributed by atoms with E-state index >= 15 is 0 Å². The fraction of sp³-hybridized carbons (Fsp3) is 0.0714. The van der Waals surface area contributed by atoms with Gasteiger partial charge in [0.15, 0.2) is 23.4 Å². The van der Waals surface area contributed by atoms with E-state index in [1.54, 1.807) is 0 Å². The number of rotatable bonds is 3. The Morgan fingerprint density at radius 3 is 2.25 bits per heavy atom. The summed E-state index contributed by atoms with van der Waals surface area (Å²) in [7, 11) is 0. The molecule has 0 atom stereocenters. The molecule has 0 aliphatic carbocycles. The van der Waals surface area contributed by atoms with Gasteiger partial charge in [0.25, 0.3) is 0 Å². The van der Waals surface area contributed by atoms with Crippen LogP contribution in [0.2, 0.25) is 0 Å². The van der Waals surface area contributed by atoms with Crippen LogP contribution in [0.5, 0.6) is 0 Å². The monoisotopic (exact) mass is 279 g/mol. The van der Waals surface area contributed by atoms with Gasteiger partial charge in [0.2, 0.25) is 0 Å². The van der Waals surface area contributed by atoms with Crippen molar-refractivity contribution in [2.24, 2.45) is 10.7 Å². The Kier molecular flexibility index (Phi) is 4.24. The number of hydrogen-bond donors (Lipinski definition) is 2. The maximum absolute atomic E-state index is 13.0. The van der Waals surface area contributed by atoms with Crippen LogP contribution < -0.4 is 11.1 Å². The van der Waals surface area contributed by atoms with Gasteiger partial charge in [-0.1, -0.05) is 30.3 Å². The number of aliphatic imine (C=N–C) groups is 1. The molecule has 104 valence electrons. The minimum Gasteiger partial charge on any atom is -0.370 e. The molecule has 0 spiro atoms. The van der Waals surface area contributed by atoms with Gasteiger partial charge in [0.05, 0.1) is 6.54 Å². The molecule has 0 saturated carbocycles. The number of benzene rings is 2. The van der Waals surface area contributed by atoms with Crippen molar-refractivity contribution in [2.75, 3.05) is 5.32 Å². The van der Waals surface area contributed by atoms with Crippen LogP contribution in [0.1, 0.15) is 5.56 Å². The third-order valence-corrected chi connectivity index (χ3v) is 2.53. The molecule has 2 aromatic carbocycles. The van der Waals surface area contributed by atoms with Crippen molar-refractivity contribution in [1.82, 2.24) is 0 Å². The van der Waals surface area contributed by atoms with Gasteiger partial charge < -0.3 is 11.1 Å². The maximum atomic E-state index is 13.0. The molecule has 0 radical (unpaired) electrons. The Hall–Kier alpha value is -2.50. The second-order valence-corrected chi connectivity index (χ2v) is 4.07. The van der Waals surface area contributed by atoms with Crippen LogP contribution >= 0.6 is 0 Å². The molecule has 2 aromatic rings. The molecule has 0 aliphatic rings. The molecule has 0 aliphatic heterocycles. The van der Waals surface area contributed by atoms with Crippen LogP contribution in [-0.2, 0) is 6.54 Å². The molecular weight excluding hydrogens is 267 g/mol. The summed E-state index contributed by atoms with van der Waals surface area (Å²) in [6.45, 7) is 0.325. The normalized spacial score (nSPS) is 11.4. The summed E-state index contributed by atoms with van der Waals surface area (Å²) in [5.74, 6) is -4.11. The molecule has 0 aromatic heterocycles. The maximum Gasteiger partial charge on any atom is 0.194 e. The van der Waals surface area contributed by atoms with E-state index in [-0.39, 0.29) is 11.6 Å². The lowest BCUT2D eigenvalue weighted by Gasteiger charge is -2.06. The van der Waals surface area contributed by atoms with E-state index in [4.69, 9.17) is 5.73 Å². The summed E-state index contributed by atoms with van der Waals surface area (Å²) in [5.41, 5.74) is 6.53. The molecule has 3 N–H and O–H groups in total. The van der Waals surface area contributed by atoms with E-state index in [1.807, 2.05) is 30.3 Å². The van der Waals surface area contributed by atoms with Crippen molar-refractivity contribution >= 4 is 11.6 Å². The van der Waals surface area contributed by atoms with Gasteiger partial charge >= 0.3 is 0 Å². The standard InChI is InChI=1S/C14H12F3N3/c15-11-6-10(7-12(16)13(11)17)20-14(18)19-8-9-4-2-1-3-5-9/h1-7H,8H2,(H3,18,19,20). The fourth-order valence-corrected chi connectivity index (χ4v) is 1.57. The molecule has 6 heteroatoms. The van der Waals surface area contributed by atoms with Gasteiger partial charge in [-0.3, -0.25) is 0 Å². The van der Waals surface area contributed by atoms with E-state index in [2.05, 4.69) is 10.3 Å². The predicted octanol–water partition coefficient (Wildman–Crippen LogP) is 3.03. The topological polar surface area (TPSA) is 50.4 Å². The zero-order valence-electron chi connectivity index (χ0n) is 10.4. The van der Waals surface area contributed by atoms with Gasteiger partial charge in [-0.2, -0.15) is 0 Å². The Morgan fingerprint density at radius 1 is 1.05 bits per heavy atom. The highest BCUT2D eigenvalue weighted by molar-refractivity contribution is 5.92. The van der Waals surface area contributed by atoms with Crippen molar-refractivity contribution in [3.05, 3.63) is 65.5 Å². The zero-order valence-corrected chi connectivity index (χ0v) is 10.4. The minimum absolute atomic E-state index is 0.00397. The molecule has 3 nitrogen and oxygen atoms in total. The van der Waals surface area contributed by atoms with Crippen LogP contribution in [0.4, 0.5) is 18.9 Å². The van der Waals surface area contributed by atoms with Crippen molar-refractivity contribution in [3.63, 3.8) is 0 Å². The van der Waals surface area contributed by atoms with Crippen molar-refractivity contribution < 1.29 is 13.2 Å².